The van der Waals surface area contributed by atoms with Gasteiger partial charge >= 0.3 is 0 Å². The van der Waals surface area contributed by atoms with Gasteiger partial charge in [-0.25, -0.2) is 4.39 Å². The summed E-state index contributed by atoms with van der Waals surface area (Å²) in [7, 11) is 0. The Morgan fingerprint density at radius 2 is 2.11 bits per heavy atom. The third-order valence-corrected chi connectivity index (χ3v) is 3.33. The predicted octanol–water partition coefficient (Wildman–Crippen LogP) is 4.01. The van der Waals surface area contributed by atoms with Gasteiger partial charge in [0.25, 0.3) is 0 Å². The van der Waals surface area contributed by atoms with Crippen molar-refractivity contribution in [3.63, 3.8) is 0 Å². The predicted molar refractivity (Wildman–Crippen MR) is 66.6 cm³/mol. The molecule has 2 heterocycles. The summed E-state index contributed by atoms with van der Waals surface area (Å²) in [4.78, 5) is 0. The molecule has 2 aromatic heterocycles. The second kappa shape index (κ2) is 4.26. The van der Waals surface area contributed by atoms with Crippen LogP contribution in [0.4, 0.5) is 4.39 Å². The zero-order valence-electron chi connectivity index (χ0n) is 9.06. The number of hydrogen-bond acceptors (Lipinski definition) is 3. The molecule has 0 saturated heterocycles. The molecule has 0 radical (unpaired) electrons. The average molecular weight is 311 g/mol. The highest BCUT2D eigenvalue weighted by molar-refractivity contribution is 9.10. The van der Waals surface area contributed by atoms with Crippen LogP contribution in [-0.2, 0) is 0 Å². The molecule has 1 aromatic carbocycles. The van der Waals surface area contributed by atoms with E-state index in [-0.39, 0.29) is 11.3 Å². The van der Waals surface area contributed by atoms with E-state index >= 15 is 0 Å². The molecule has 1 N–H and O–H groups in total. The summed E-state index contributed by atoms with van der Waals surface area (Å²) in [6.45, 7) is 0. The Morgan fingerprint density at radius 1 is 1.28 bits per heavy atom. The van der Waals surface area contributed by atoms with Crippen molar-refractivity contribution < 1.29 is 18.3 Å². The second-order valence-corrected chi connectivity index (χ2v) is 4.70. The molecule has 0 aliphatic heterocycles. The van der Waals surface area contributed by atoms with Crippen molar-refractivity contribution in [3.05, 3.63) is 58.4 Å². The van der Waals surface area contributed by atoms with Gasteiger partial charge in [0.15, 0.2) is 23.3 Å². The molecule has 0 spiro atoms. The first-order valence-corrected chi connectivity index (χ1v) is 6.05. The minimum absolute atomic E-state index is 0.134. The molecule has 18 heavy (non-hydrogen) atoms. The van der Waals surface area contributed by atoms with Crippen molar-refractivity contribution in [1.29, 1.82) is 0 Å². The highest BCUT2D eigenvalue weighted by Gasteiger charge is 2.21. The summed E-state index contributed by atoms with van der Waals surface area (Å²) >= 11 is 3.25. The van der Waals surface area contributed by atoms with Crippen molar-refractivity contribution >= 4 is 26.9 Å². The van der Waals surface area contributed by atoms with Crippen LogP contribution in [0.5, 0.6) is 0 Å². The molecule has 0 saturated carbocycles. The molecule has 0 amide bonds. The molecule has 3 aromatic rings. The Kier molecular flexibility index (Phi) is 2.72. The standard InChI is InChI=1S/C13H8BrFO3/c14-8-4-5-17-13(8)11(16)10-6-7-2-1-3-9(15)12(7)18-10/h1-6,11,16H. The topological polar surface area (TPSA) is 46.5 Å². The molecule has 0 fully saturated rings. The molecule has 0 bridgehead atoms. The highest BCUT2D eigenvalue weighted by atomic mass is 79.9. The monoisotopic (exact) mass is 310 g/mol. The van der Waals surface area contributed by atoms with E-state index in [0.29, 0.717) is 15.6 Å². The Bertz CT molecular complexity index is 701. The van der Waals surface area contributed by atoms with E-state index in [4.69, 9.17) is 8.83 Å². The van der Waals surface area contributed by atoms with Crippen LogP contribution in [0.3, 0.4) is 0 Å². The van der Waals surface area contributed by atoms with Gasteiger partial charge in [0.05, 0.1) is 10.7 Å². The Morgan fingerprint density at radius 3 is 2.78 bits per heavy atom. The molecular weight excluding hydrogens is 303 g/mol. The van der Waals surface area contributed by atoms with Crippen molar-refractivity contribution in [2.24, 2.45) is 0 Å². The molecule has 0 aliphatic rings. The van der Waals surface area contributed by atoms with Crippen LogP contribution in [0, 0.1) is 5.82 Å². The van der Waals surface area contributed by atoms with E-state index in [1.165, 1.54) is 12.3 Å². The number of para-hydroxylation sites is 1. The van der Waals surface area contributed by atoms with Gasteiger partial charge in [-0.05, 0) is 34.1 Å². The van der Waals surface area contributed by atoms with E-state index in [2.05, 4.69) is 15.9 Å². The van der Waals surface area contributed by atoms with Crippen molar-refractivity contribution in [1.82, 2.24) is 0 Å². The molecule has 0 aliphatic carbocycles. The molecule has 5 heteroatoms. The first-order valence-electron chi connectivity index (χ1n) is 5.25. The number of benzene rings is 1. The third kappa shape index (κ3) is 1.76. The fraction of sp³-hybridized carbons (Fsp3) is 0.0769. The van der Waals surface area contributed by atoms with Gasteiger partial charge in [0, 0.05) is 5.39 Å². The fourth-order valence-electron chi connectivity index (χ4n) is 1.81. The maximum atomic E-state index is 13.5. The van der Waals surface area contributed by atoms with Gasteiger partial charge < -0.3 is 13.9 Å². The lowest BCUT2D eigenvalue weighted by molar-refractivity contribution is 0.163. The largest absolute Gasteiger partial charge is 0.465 e. The number of hydrogen-bond donors (Lipinski definition) is 1. The lowest BCUT2D eigenvalue weighted by Crippen LogP contribution is -1.96. The van der Waals surface area contributed by atoms with Crippen molar-refractivity contribution in [2.75, 3.05) is 0 Å². The Balaban J connectivity index is 2.10. The number of fused-ring (bicyclic) bond motifs is 1. The molecule has 3 rings (SSSR count). The fourth-order valence-corrected chi connectivity index (χ4v) is 2.23. The Hall–Kier alpha value is -1.59. The van der Waals surface area contributed by atoms with E-state index in [0.717, 1.165) is 0 Å². The quantitative estimate of drug-likeness (QED) is 0.778. The number of furan rings is 2. The van der Waals surface area contributed by atoms with E-state index in [9.17, 15) is 9.50 Å². The Labute approximate surface area is 110 Å². The van der Waals surface area contributed by atoms with Crippen LogP contribution in [0.15, 0.2) is 49.9 Å². The van der Waals surface area contributed by atoms with E-state index in [1.54, 1.807) is 24.3 Å². The molecular formula is C13H8BrFO3. The molecule has 3 nitrogen and oxygen atoms in total. The first-order chi connectivity index (χ1) is 8.66. The van der Waals surface area contributed by atoms with Crippen LogP contribution >= 0.6 is 15.9 Å². The molecule has 92 valence electrons. The second-order valence-electron chi connectivity index (χ2n) is 3.84. The smallest absolute Gasteiger partial charge is 0.170 e. The van der Waals surface area contributed by atoms with Gasteiger partial charge in [-0.3, -0.25) is 0 Å². The number of aliphatic hydroxyl groups is 1. The normalized spacial score (nSPS) is 13.1. The highest BCUT2D eigenvalue weighted by Crippen LogP contribution is 2.33. The van der Waals surface area contributed by atoms with Crippen LogP contribution in [0.25, 0.3) is 11.0 Å². The summed E-state index contributed by atoms with van der Waals surface area (Å²) < 4.78 is 24.6. The number of halogens is 2. The average Bonchev–Trinajstić information content (AvgIpc) is 2.95. The maximum Gasteiger partial charge on any atom is 0.170 e. The maximum absolute atomic E-state index is 13.5. The van der Waals surface area contributed by atoms with Crippen LogP contribution in [-0.4, -0.2) is 5.11 Å². The molecule has 1 unspecified atom stereocenters. The lowest BCUT2D eigenvalue weighted by Gasteiger charge is -2.04. The van der Waals surface area contributed by atoms with Crippen LogP contribution in [0.2, 0.25) is 0 Å². The van der Waals surface area contributed by atoms with Gasteiger partial charge in [-0.1, -0.05) is 12.1 Å². The summed E-state index contributed by atoms with van der Waals surface area (Å²) in [5, 5.41) is 10.7. The van der Waals surface area contributed by atoms with E-state index < -0.39 is 11.9 Å². The minimum atomic E-state index is -1.07. The number of rotatable bonds is 2. The first kappa shape index (κ1) is 11.5. The van der Waals surface area contributed by atoms with Crippen molar-refractivity contribution in [2.45, 2.75) is 6.10 Å². The summed E-state index contributed by atoms with van der Waals surface area (Å²) in [5.74, 6) is 0.115. The van der Waals surface area contributed by atoms with Gasteiger partial charge in [-0.2, -0.15) is 0 Å². The summed E-state index contributed by atoms with van der Waals surface area (Å²) in [6.07, 6.45) is 0.382. The van der Waals surface area contributed by atoms with Gasteiger partial charge in [0.1, 0.15) is 5.76 Å². The molecule has 1 atom stereocenters. The van der Waals surface area contributed by atoms with Crippen LogP contribution < -0.4 is 0 Å². The summed E-state index contributed by atoms with van der Waals surface area (Å²) in [5.41, 5.74) is 0.134. The SMILES string of the molecule is OC(c1cc2cccc(F)c2o1)c1occc1Br. The minimum Gasteiger partial charge on any atom is -0.465 e. The lowest BCUT2D eigenvalue weighted by atomic mass is 10.2. The zero-order valence-corrected chi connectivity index (χ0v) is 10.6. The van der Waals surface area contributed by atoms with Crippen LogP contribution in [0.1, 0.15) is 17.6 Å². The zero-order chi connectivity index (χ0) is 12.7. The van der Waals surface area contributed by atoms with Gasteiger partial charge in [-0.15, -0.1) is 0 Å². The van der Waals surface area contributed by atoms with Crippen molar-refractivity contribution in [3.8, 4) is 0 Å². The van der Waals surface area contributed by atoms with Gasteiger partial charge in [0.2, 0.25) is 0 Å². The van der Waals surface area contributed by atoms with E-state index in [1.807, 2.05) is 0 Å². The number of aliphatic hydroxyl groups excluding tert-OH is 1. The third-order valence-electron chi connectivity index (χ3n) is 2.68. The summed E-state index contributed by atoms with van der Waals surface area (Å²) in [6, 6.07) is 7.88.